The van der Waals surface area contributed by atoms with Crippen molar-refractivity contribution < 1.29 is 9.18 Å². The van der Waals surface area contributed by atoms with Gasteiger partial charge in [-0.2, -0.15) is 0 Å². The third-order valence-electron chi connectivity index (χ3n) is 5.04. The number of carbonyl (C=O) groups excluding carboxylic acids is 1. The molecule has 4 rings (SSSR count). The number of piperidine rings is 1. The van der Waals surface area contributed by atoms with E-state index in [1.54, 1.807) is 18.2 Å². The molecule has 0 bridgehead atoms. The summed E-state index contributed by atoms with van der Waals surface area (Å²) in [7, 11) is 0. The molecule has 0 saturated carbocycles. The van der Waals surface area contributed by atoms with E-state index in [4.69, 9.17) is 0 Å². The third-order valence-corrected chi connectivity index (χ3v) is 5.96. The Labute approximate surface area is 179 Å². The van der Waals surface area contributed by atoms with Gasteiger partial charge in [-0.25, -0.2) is 4.39 Å². The van der Waals surface area contributed by atoms with Crippen LogP contribution in [0.2, 0.25) is 0 Å². The minimum Gasteiger partial charge on any atom is -0.351 e. The van der Waals surface area contributed by atoms with Crippen LogP contribution in [0.1, 0.15) is 24.8 Å². The van der Waals surface area contributed by atoms with Gasteiger partial charge in [-0.15, -0.1) is 10.2 Å². The van der Waals surface area contributed by atoms with Crippen LogP contribution in [0, 0.1) is 5.82 Å². The molecule has 0 aliphatic carbocycles. The molecule has 8 heteroatoms. The monoisotopic (exact) mass is 425 g/mol. The maximum atomic E-state index is 13.7. The van der Waals surface area contributed by atoms with Crippen molar-refractivity contribution >= 4 is 23.6 Å². The van der Waals surface area contributed by atoms with E-state index in [0.717, 1.165) is 37.6 Å². The van der Waals surface area contributed by atoms with E-state index in [0.29, 0.717) is 10.7 Å². The van der Waals surface area contributed by atoms with Gasteiger partial charge < -0.3 is 10.2 Å². The standard InChI is InChI=1S/C22H24FN5OS/c23-19-12-6-5-9-17(19)15-24-20(29)16-30-22-26-25-21(27-13-7-2-8-14-27)28(22)18-10-3-1-4-11-18/h1,3-6,9-12H,2,7-8,13-16H2,(H,24,29). The number of amides is 1. The first-order valence-electron chi connectivity index (χ1n) is 10.1. The Morgan fingerprint density at radius 3 is 2.50 bits per heavy atom. The molecule has 0 spiro atoms. The molecule has 2 aromatic carbocycles. The first kappa shape index (κ1) is 20.4. The maximum absolute atomic E-state index is 13.7. The van der Waals surface area contributed by atoms with Crippen molar-refractivity contribution in [3.63, 3.8) is 0 Å². The first-order valence-corrected chi connectivity index (χ1v) is 11.1. The molecule has 2 heterocycles. The lowest BCUT2D eigenvalue weighted by molar-refractivity contribution is -0.118. The smallest absolute Gasteiger partial charge is 0.232 e. The highest BCUT2D eigenvalue weighted by Crippen LogP contribution is 2.28. The molecule has 1 N–H and O–H groups in total. The molecular formula is C22H24FN5OS. The fourth-order valence-electron chi connectivity index (χ4n) is 3.47. The van der Waals surface area contributed by atoms with Gasteiger partial charge in [0.1, 0.15) is 5.82 Å². The molecule has 0 radical (unpaired) electrons. The summed E-state index contributed by atoms with van der Waals surface area (Å²) in [5.74, 6) is 0.500. The van der Waals surface area contributed by atoms with Crippen LogP contribution < -0.4 is 10.2 Å². The second kappa shape index (κ2) is 9.75. The Kier molecular flexibility index (Phi) is 6.63. The highest BCUT2D eigenvalue weighted by molar-refractivity contribution is 7.99. The summed E-state index contributed by atoms with van der Waals surface area (Å²) in [5.41, 5.74) is 1.44. The van der Waals surface area contributed by atoms with Crippen molar-refractivity contribution in [2.45, 2.75) is 31.0 Å². The summed E-state index contributed by atoms with van der Waals surface area (Å²) in [4.78, 5) is 14.6. The van der Waals surface area contributed by atoms with E-state index in [2.05, 4.69) is 20.4 Å². The normalized spacial score (nSPS) is 14.0. The summed E-state index contributed by atoms with van der Waals surface area (Å²) in [6, 6.07) is 16.4. The van der Waals surface area contributed by atoms with Crippen LogP contribution in [0.5, 0.6) is 0 Å². The molecule has 1 aliphatic heterocycles. The highest BCUT2D eigenvalue weighted by atomic mass is 32.2. The molecular weight excluding hydrogens is 401 g/mol. The number of aromatic nitrogens is 3. The van der Waals surface area contributed by atoms with Crippen LogP contribution >= 0.6 is 11.8 Å². The predicted molar refractivity (Wildman–Crippen MR) is 116 cm³/mol. The van der Waals surface area contributed by atoms with Crippen molar-refractivity contribution in [2.75, 3.05) is 23.7 Å². The van der Waals surface area contributed by atoms with Crippen LogP contribution in [0.4, 0.5) is 10.3 Å². The zero-order valence-corrected chi connectivity index (χ0v) is 17.4. The van der Waals surface area contributed by atoms with Crippen molar-refractivity contribution in [3.8, 4) is 5.69 Å². The lowest BCUT2D eigenvalue weighted by Gasteiger charge is -2.27. The fourth-order valence-corrected chi connectivity index (χ4v) is 4.25. The Hall–Kier alpha value is -2.87. The second-order valence-corrected chi connectivity index (χ2v) is 8.10. The molecule has 0 unspecified atom stereocenters. The number of rotatable bonds is 7. The lowest BCUT2D eigenvalue weighted by atomic mass is 10.1. The minimum atomic E-state index is -0.319. The molecule has 1 fully saturated rings. The van der Waals surface area contributed by atoms with Crippen LogP contribution in [-0.2, 0) is 11.3 Å². The average molecular weight is 426 g/mol. The Bertz CT molecular complexity index is 988. The second-order valence-electron chi connectivity index (χ2n) is 7.16. The SMILES string of the molecule is O=C(CSc1nnc(N2CCCCC2)n1-c1ccccc1)NCc1ccccc1F. The molecule has 6 nitrogen and oxygen atoms in total. The van der Waals surface area contributed by atoms with Gasteiger partial charge in [-0.1, -0.05) is 48.2 Å². The molecule has 1 aromatic heterocycles. The number of para-hydroxylation sites is 1. The molecule has 1 saturated heterocycles. The quantitative estimate of drug-likeness (QED) is 0.584. The zero-order chi connectivity index (χ0) is 20.8. The third kappa shape index (κ3) is 4.81. The number of carbonyl (C=O) groups is 1. The molecule has 0 atom stereocenters. The van der Waals surface area contributed by atoms with E-state index < -0.39 is 0 Å². The average Bonchev–Trinajstić information content (AvgIpc) is 3.22. The molecule has 156 valence electrons. The van der Waals surface area contributed by atoms with Crippen molar-refractivity contribution in [2.24, 2.45) is 0 Å². The number of thioether (sulfide) groups is 1. The van der Waals surface area contributed by atoms with Gasteiger partial charge in [0.2, 0.25) is 11.9 Å². The van der Waals surface area contributed by atoms with Crippen LogP contribution in [0.25, 0.3) is 5.69 Å². The van der Waals surface area contributed by atoms with E-state index in [1.807, 2.05) is 34.9 Å². The number of anilines is 1. The number of nitrogens with zero attached hydrogens (tertiary/aromatic N) is 4. The molecule has 1 amide bonds. The number of nitrogens with one attached hydrogen (secondary N) is 1. The van der Waals surface area contributed by atoms with E-state index in [9.17, 15) is 9.18 Å². The summed E-state index contributed by atoms with van der Waals surface area (Å²) in [6.07, 6.45) is 3.52. The Morgan fingerprint density at radius 1 is 1.00 bits per heavy atom. The Balaban J connectivity index is 1.46. The van der Waals surface area contributed by atoms with Crippen LogP contribution in [0.15, 0.2) is 59.8 Å². The summed E-state index contributed by atoms with van der Waals surface area (Å²) < 4.78 is 15.7. The number of benzene rings is 2. The summed E-state index contributed by atoms with van der Waals surface area (Å²) >= 11 is 1.33. The highest BCUT2D eigenvalue weighted by Gasteiger charge is 2.22. The van der Waals surface area contributed by atoms with Gasteiger partial charge in [0, 0.05) is 25.2 Å². The molecule has 1 aliphatic rings. The van der Waals surface area contributed by atoms with Crippen molar-refractivity contribution in [1.29, 1.82) is 0 Å². The lowest BCUT2D eigenvalue weighted by Crippen LogP contribution is -2.31. The minimum absolute atomic E-state index is 0.163. The van der Waals surface area contributed by atoms with E-state index in [1.165, 1.54) is 24.2 Å². The zero-order valence-electron chi connectivity index (χ0n) is 16.6. The van der Waals surface area contributed by atoms with E-state index >= 15 is 0 Å². The van der Waals surface area contributed by atoms with Gasteiger partial charge in [-0.3, -0.25) is 9.36 Å². The van der Waals surface area contributed by atoms with Gasteiger partial charge >= 0.3 is 0 Å². The van der Waals surface area contributed by atoms with Crippen molar-refractivity contribution in [1.82, 2.24) is 20.1 Å². The van der Waals surface area contributed by atoms with Gasteiger partial charge in [-0.05, 0) is 37.5 Å². The van der Waals surface area contributed by atoms with Crippen molar-refractivity contribution in [3.05, 3.63) is 66.0 Å². The molecule has 3 aromatic rings. The number of hydrogen-bond acceptors (Lipinski definition) is 5. The summed E-state index contributed by atoms with van der Waals surface area (Å²) in [5, 5.41) is 12.2. The van der Waals surface area contributed by atoms with Crippen LogP contribution in [0.3, 0.4) is 0 Å². The number of halogens is 1. The summed E-state index contributed by atoms with van der Waals surface area (Å²) in [6.45, 7) is 2.08. The largest absolute Gasteiger partial charge is 0.351 e. The number of hydrogen-bond donors (Lipinski definition) is 1. The van der Waals surface area contributed by atoms with E-state index in [-0.39, 0.29) is 24.0 Å². The van der Waals surface area contributed by atoms with Crippen LogP contribution in [-0.4, -0.2) is 39.5 Å². The van der Waals surface area contributed by atoms with Gasteiger partial charge in [0.15, 0.2) is 5.16 Å². The molecule has 30 heavy (non-hydrogen) atoms. The Morgan fingerprint density at radius 2 is 1.73 bits per heavy atom. The predicted octanol–water partition coefficient (Wildman–Crippen LogP) is 3.81. The van der Waals surface area contributed by atoms with Gasteiger partial charge in [0.05, 0.1) is 11.4 Å². The maximum Gasteiger partial charge on any atom is 0.232 e. The fraction of sp³-hybridized carbons (Fsp3) is 0.318. The first-order chi connectivity index (χ1) is 14.7. The van der Waals surface area contributed by atoms with Gasteiger partial charge in [0.25, 0.3) is 0 Å². The topological polar surface area (TPSA) is 63.1 Å².